The van der Waals surface area contributed by atoms with E-state index < -0.39 is 35.6 Å². The summed E-state index contributed by atoms with van der Waals surface area (Å²) in [6, 6.07) is -0.907. The van der Waals surface area contributed by atoms with E-state index in [2.05, 4.69) is 13.2 Å². The summed E-state index contributed by atoms with van der Waals surface area (Å²) in [5, 5.41) is 9.39. The number of carbonyl (C=O) groups excluding carboxylic acids is 3. The summed E-state index contributed by atoms with van der Waals surface area (Å²) in [5.74, 6) is -2.30. The van der Waals surface area contributed by atoms with Gasteiger partial charge in [0.15, 0.2) is 0 Å². The van der Waals surface area contributed by atoms with Gasteiger partial charge in [-0.3, -0.25) is 14.4 Å². The Morgan fingerprint density at radius 3 is 2.70 bits per heavy atom. The lowest BCUT2D eigenvalue weighted by Gasteiger charge is -2.38. The topological polar surface area (TPSA) is 96.4 Å². The Morgan fingerprint density at radius 1 is 1.30 bits per heavy atom. The van der Waals surface area contributed by atoms with Crippen LogP contribution in [-0.4, -0.2) is 82.8 Å². The highest BCUT2D eigenvalue weighted by Gasteiger charge is 2.75. The van der Waals surface area contributed by atoms with Crippen molar-refractivity contribution in [2.75, 3.05) is 26.3 Å². The Morgan fingerprint density at radius 2 is 2.06 bits per heavy atom. The fourth-order valence-corrected chi connectivity index (χ4v) is 5.69. The van der Waals surface area contributed by atoms with Crippen LogP contribution in [-0.2, 0) is 23.9 Å². The summed E-state index contributed by atoms with van der Waals surface area (Å²) in [6.45, 7) is 12.1. The first-order valence-electron chi connectivity index (χ1n) is 12.1. The molecule has 0 aromatic rings. The zero-order valence-corrected chi connectivity index (χ0v) is 19.9. The van der Waals surface area contributed by atoms with Crippen molar-refractivity contribution < 1.29 is 29.0 Å². The highest BCUT2D eigenvalue weighted by atomic mass is 16.6. The average molecular weight is 463 g/mol. The SMILES string of the molecule is C=CCCCCOC(=O)[C@@H]1[C@@H]2CCC3(O2)C(C(=O)N(CC=C)C(C)C)N(CCCO)C(=O)[C@H]13. The number of unbranched alkanes of at least 4 members (excludes halogenated alkanes) is 2. The summed E-state index contributed by atoms with van der Waals surface area (Å²) in [5.41, 5.74) is -1.03. The van der Waals surface area contributed by atoms with Gasteiger partial charge in [0.2, 0.25) is 11.8 Å². The maximum atomic E-state index is 13.8. The Kier molecular flexibility index (Phi) is 8.34. The van der Waals surface area contributed by atoms with Crippen molar-refractivity contribution in [2.45, 2.75) is 76.2 Å². The summed E-state index contributed by atoms with van der Waals surface area (Å²) >= 11 is 0. The van der Waals surface area contributed by atoms with Crippen molar-refractivity contribution in [3.63, 3.8) is 0 Å². The van der Waals surface area contributed by atoms with Crippen LogP contribution in [0.25, 0.3) is 0 Å². The first kappa shape index (κ1) is 25.4. The Balaban J connectivity index is 1.87. The van der Waals surface area contributed by atoms with Gasteiger partial charge in [-0.2, -0.15) is 0 Å². The van der Waals surface area contributed by atoms with E-state index >= 15 is 0 Å². The number of rotatable bonds is 13. The second-order valence-corrected chi connectivity index (χ2v) is 9.49. The number of fused-ring (bicyclic) bond motifs is 1. The number of nitrogens with zero attached hydrogens (tertiary/aromatic N) is 2. The molecule has 2 amide bonds. The Labute approximate surface area is 196 Å². The van der Waals surface area contributed by atoms with Gasteiger partial charge in [-0.05, 0) is 52.4 Å². The molecular formula is C25H38N2O6. The van der Waals surface area contributed by atoms with E-state index in [9.17, 15) is 19.5 Å². The van der Waals surface area contributed by atoms with Crippen LogP contribution >= 0.6 is 0 Å². The van der Waals surface area contributed by atoms with E-state index in [4.69, 9.17) is 9.47 Å². The van der Waals surface area contributed by atoms with Crippen LogP contribution in [0.5, 0.6) is 0 Å². The lowest BCUT2D eigenvalue weighted by atomic mass is 9.70. The standard InChI is InChI=1S/C25H38N2O6/c1-5-7-8-9-16-32-24(31)19-18-11-12-25(33-18)20(19)22(29)27(14-10-15-28)21(25)23(30)26(13-6-2)17(3)4/h5-6,17-21,28H,1-2,7-16H2,3-4H3/t18-,19+,20-,21?,25?/m0/s1. The molecule has 1 spiro atoms. The van der Waals surface area contributed by atoms with Crippen molar-refractivity contribution in [1.29, 1.82) is 0 Å². The molecule has 8 heteroatoms. The molecular weight excluding hydrogens is 424 g/mol. The minimum Gasteiger partial charge on any atom is -0.465 e. The van der Waals surface area contributed by atoms with Crippen molar-refractivity contribution >= 4 is 17.8 Å². The molecule has 0 saturated carbocycles. The van der Waals surface area contributed by atoms with Crippen LogP contribution in [0.15, 0.2) is 25.3 Å². The summed E-state index contributed by atoms with van der Waals surface area (Å²) in [4.78, 5) is 43.7. The fraction of sp³-hybridized carbons (Fsp3) is 0.720. The number of ether oxygens (including phenoxy) is 2. The average Bonchev–Trinajstić information content (AvgIpc) is 3.42. The van der Waals surface area contributed by atoms with E-state index in [1.54, 1.807) is 11.0 Å². The lowest BCUT2D eigenvalue weighted by Crippen LogP contribution is -2.57. The molecule has 2 unspecified atom stereocenters. The van der Waals surface area contributed by atoms with Crippen LogP contribution < -0.4 is 0 Å². The van der Waals surface area contributed by atoms with E-state index in [-0.39, 0.29) is 31.0 Å². The zero-order valence-electron chi connectivity index (χ0n) is 19.9. The molecule has 3 fully saturated rings. The van der Waals surface area contributed by atoms with E-state index in [0.29, 0.717) is 32.4 Å². The predicted molar refractivity (Wildman–Crippen MR) is 123 cm³/mol. The van der Waals surface area contributed by atoms with Crippen LogP contribution in [0, 0.1) is 11.8 Å². The summed E-state index contributed by atoms with van der Waals surface area (Å²) in [6.07, 6.45) is 7.06. The van der Waals surface area contributed by atoms with Gasteiger partial charge < -0.3 is 24.4 Å². The quantitative estimate of drug-likeness (QED) is 0.256. The maximum absolute atomic E-state index is 13.8. The minimum atomic E-state index is -1.03. The molecule has 3 rings (SSSR count). The summed E-state index contributed by atoms with van der Waals surface area (Å²) < 4.78 is 11.9. The second kappa shape index (κ2) is 10.8. The van der Waals surface area contributed by atoms with Crippen LogP contribution in [0.1, 0.15) is 52.4 Å². The minimum absolute atomic E-state index is 0.0873. The van der Waals surface area contributed by atoms with Crippen molar-refractivity contribution in [1.82, 2.24) is 9.80 Å². The van der Waals surface area contributed by atoms with Gasteiger partial charge in [-0.25, -0.2) is 0 Å². The van der Waals surface area contributed by atoms with Gasteiger partial charge in [-0.1, -0.05) is 12.2 Å². The predicted octanol–water partition coefficient (Wildman–Crippen LogP) is 2.07. The molecule has 1 N–H and O–H groups in total. The molecule has 0 aromatic heterocycles. The third-order valence-electron chi connectivity index (χ3n) is 7.14. The zero-order chi connectivity index (χ0) is 24.2. The third kappa shape index (κ3) is 4.60. The fourth-order valence-electron chi connectivity index (χ4n) is 5.69. The van der Waals surface area contributed by atoms with Gasteiger partial charge in [0, 0.05) is 25.7 Å². The number of aliphatic hydroxyl groups is 1. The smallest absolute Gasteiger partial charge is 0.312 e. The number of amides is 2. The molecule has 3 aliphatic rings. The summed E-state index contributed by atoms with van der Waals surface area (Å²) in [7, 11) is 0. The van der Waals surface area contributed by atoms with Crippen LogP contribution in [0.4, 0.5) is 0 Å². The molecule has 184 valence electrons. The largest absolute Gasteiger partial charge is 0.465 e. The van der Waals surface area contributed by atoms with Crippen molar-refractivity contribution in [2.24, 2.45) is 11.8 Å². The first-order chi connectivity index (χ1) is 15.8. The molecule has 33 heavy (non-hydrogen) atoms. The van der Waals surface area contributed by atoms with Crippen LogP contribution in [0.3, 0.4) is 0 Å². The van der Waals surface area contributed by atoms with Crippen LogP contribution in [0.2, 0.25) is 0 Å². The molecule has 5 atom stereocenters. The monoisotopic (exact) mass is 462 g/mol. The molecule has 3 aliphatic heterocycles. The van der Waals surface area contributed by atoms with Gasteiger partial charge in [0.05, 0.1) is 24.5 Å². The number of allylic oxidation sites excluding steroid dienone is 1. The highest BCUT2D eigenvalue weighted by Crippen LogP contribution is 2.58. The molecule has 8 nitrogen and oxygen atoms in total. The van der Waals surface area contributed by atoms with Crippen molar-refractivity contribution in [3.05, 3.63) is 25.3 Å². The molecule has 0 aromatic carbocycles. The van der Waals surface area contributed by atoms with E-state index in [0.717, 1.165) is 19.3 Å². The number of hydrogen-bond donors (Lipinski definition) is 1. The second-order valence-electron chi connectivity index (χ2n) is 9.49. The van der Waals surface area contributed by atoms with Gasteiger partial charge in [0.25, 0.3) is 0 Å². The Hall–Kier alpha value is -2.19. The number of aliphatic hydroxyl groups excluding tert-OH is 1. The van der Waals surface area contributed by atoms with E-state index in [1.807, 2.05) is 19.9 Å². The van der Waals surface area contributed by atoms with E-state index in [1.165, 1.54) is 4.90 Å². The molecule has 3 saturated heterocycles. The van der Waals surface area contributed by atoms with Gasteiger partial charge in [0.1, 0.15) is 11.6 Å². The maximum Gasteiger partial charge on any atom is 0.312 e. The number of likely N-dealkylation sites (tertiary alicyclic amines) is 1. The first-order valence-corrected chi connectivity index (χ1v) is 12.1. The normalized spacial score (nSPS) is 29.9. The molecule has 3 heterocycles. The molecule has 0 aliphatic carbocycles. The van der Waals surface area contributed by atoms with Crippen molar-refractivity contribution in [3.8, 4) is 0 Å². The number of hydrogen-bond acceptors (Lipinski definition) is 6. The third-order valence-corrected chi connectivity index (χ3v) is 7.14. The molecule has 0 radical (unpaired) electrons. The Bertz CT molecular complexity index is 768. The number of carbonyl (C=O) groups is 3. The number of esters is 1. The molecule has 2 bridgehead atoms. The van der Waals surface area contributed by atoms with Gasteiger partial charge in [-0.15, -0.1) is 13.2 Å². The highest BCUT2D eigenvalue weighted by molar-refractivity contribution is 5.98. The van der Waals surface area contributed by atoms with Gasteiger partial charge >= 0.3 is 5.97 Å². The lowest BCUT2D eigenvalue weighted by molar-refractivity contribution is -0.155.